The smallest absolute Gasteiger partial charge is 0.443 e. The number of thiazole rings is 1. The second-order valence-corrected chi connectivity index (χ2v) is 7.75. The molecular weight excluding hydrogens is 433 g/mol. The topological polar surface area (TPSA) is 71.9 Å². The van der Waals surface area contributed by atoms with Gasteiger partial charge in [0.1, 0.15) is 11.9 Å². The van der Waals surface area contributed by atoms with Crippen molar-refractivity contribution >= 4 is 17.3 Å². The van der Waals surface area contributed by atoms with Crippen LogP contribution >= 0.6 is 11.3 Å². The summed E-state index contributed by atoms with van der Waals surface area (Å²) in [7, 11) is 1.28. The maximum atomic E-state index is 12.8. The molecule has 1 aromatic heterocycles. The Morgan fingerprint density at radius 3 is 2.58 bits per heavy atom. The summed E-state index contributed by atoms with van der Waals surface area (Å²) in [5.41, 5.74) is 1.00. The molecule has 0 aliphatic carbocycles. The lowest BCUT2D eigenvalue weighted by Gasteiger charge is -2.29. The Morgan fingerprint density at radius 2 is 2.03 bits per heavy atom. The molecule has 0 saturated carbocycles. The van der Waals surface area contributed by atoms with Crippen LogP contribution in [0.4, 0.5) is 13.2 Å². The highest BCUT2D eigenvalue weighted by molar-refractivity contribution is 7.09. The summed E-state index contributed by atoms with van der Waals surface area (Å²) in [6.45, 7) is 6.07. The number of aliphatic hydroxyl groups is 1. The minimum absolute atomic E-state index is 0.00527. The van der Waals surface area contributed by atoms with Crippen molar-refractivity contribution in [1.29, 1.82) is 0 Å². The number of carbonyl (C=O) groups is 1. The van der Waals surface area contributed by atoms with Gasteiger partial charge in [0.15, 0.2) is 11.6 Å². The van der Waals surface area contributed by atoms with E-state index in [2.05, 4.69) is 16.3 Å². The van der Waals surface area contributed by atoms with Crippen molar-refractivity contribution in [2.75, 3.05) is 26.8 Å². The fraction of sp³-hybridized carbons (Fsp3) is 0.429. The van der Waals surface area contributed by atoms with Gasteiger partial charge in [-0.25, -0.2) is 9.78 Å². The quantitative estimate of drug-likeness (QED) is 0.407. The Balaban J connectivity index is 1.98. The van der Waals surface area contributed by atoms with Gasteiger partial charge < -0.3 is 14.6 Å². The highest BCUT2D eigenvalue weighted by atomic mass is 32.1. The lowest BCUT2D eigenvalue weighted by molar-refractivity contribution is -0.143. The van der Waals surface area contributed by atoms with Crippen LogP contribution in [0.3, 0.4) is 0 Å². The number of aromatic nitrogens is 1. The van der Waals surface area contributed by atoms with Crippen molar-refractivity contribution in [1.82, 2.24) is 9.88 Å². The van der Waals surface area contributed by atoms with Crippen LogP contribution in [0, 0.1) is 0 Å². The molecular formula is C21H25F3N2O4S. The average molecular weight is 459 g/mol. The first-order valence-corrected chi connectivity index (χ1v) is 10.4. The number of hydrogen-bond acceptors (Lipinski definition) is 7. The van der Waals surface area contributed by atoms with Crippen molar-refractivity contribution in [3.05, 3.63) is 58.6 Å². The summed E-state index contributed by atoms with van der Waals surface area (Å²) in [4.78, 5) is 16.6. The van der Waals surface area contributed by atoms with E-state index in [1.807, 2.05) is 24.0 Å². The molecule has 0 aliphatic rings. The van der Waals surface area contributed by atoms with E-state index >= 15 is 0 Å². The minimum atomic E-state index is -4.52. The lowest BCUT2D eigenvalue weighted by atomic mass is 10.0. The monoisotopic (exact) mass is 458 g/mol. The van der Waals surface area contributed by atoms with E-state index in [1.165, 1.54) is 12.5 Å². The van der Waals surface area contributed by atoms with Gasteiger partial charge in [0.2, 0.25) is 0 Å². The molecule has 0 fully saturated rings. The third-order valence-corrected chi connectivity index (χ3v) is 5.44. The van der Waals surface area contributed by atoms with Crippen molar-refractivity contribution in [3.8, 4) is 5.75 Å². The fourth-order valence-electron chi connectivity index (χ4n) is 2.88. The molecule has 0 spiro atoms. The van der Waals surface area contributed by atoms with Crippen molar-refractivity contribution < 1.29 is 32.5 Å². The van der Waals surface area contributed by atoms with E-state index in [9.17, 15) is 23.1 Å². The number of aliphatic hydroxyl groups excluding tert-OH is 1. The summed E-state index contributed by atoms with van der Waals surface area (Å²) in [6.07, 6.45) is -3.37. The van der Waals surface area contributed by atoms with E-state index in [-0.39, 0.29) is 24.9 Å². The number of rotatable bonds is 11. The molecule has 2 unspecified atom stereocenters. The standard InChI is InChI=1S/C21H25F3N2O4S/c1-4-9-26(11-18(27)17-13-31-20(25-17)21(22,23)24)14(2)10-15-5-7-16(8-6-15)30-12-19(28)29-3/h4-8,13-14,18,27H,1,9-12H2,2-3H3. The van der Waals surface area contributed by atoms with Crippen LogP contribution in [0.15, 0.2) is 42.3 Å². The number of methoxy groups -OCH3 is 1. The van der Waals surface area contributed by atoms with Crippen molar-refractivity contribution in [2.45, 2.75) is 31.7 Å². The largest absolute Gasteiger partial charge is 0.482 e. The van der Waals surface area contributed by atoms with Gasteiger partial charge in [0.05, 0.1) is 12.8 Å². The maximum Gasteiger partial charge on any atom is 0.443 e. The summed E-state index contributed by atoms with van der Waals surface area (Å²) in [6, 6.07) is 7.18. The molecule has 1 heterocycles. The molecule has 10 heteroatoms. The highest BCUT2D eigenvalue weighted by Crippen LogP contribution is 2.33. The first-order chi connectivity index (χ1) is 14.6. The molecule has 170 valence electrons. The number of nitrogens with zero attached hydrogens (tertiary/aromatic N) is 2. The van der Waals surface area contributed by atoms with Gasteiger partial charge in [0, 0.05) is 24.5 Å². The zero-order chi connectivity index (χ0) is 23.0. The molecule has 0 radical (unpaired) electrons. The molecule has 0 aliphatic heterocycles. The van der Waals surface area contributed by atoms with Crippen LogP contribution in [0.1, 0.15) is 29.3 Å². The number of ether oxygens (including phenoxy) is 2. The van der Waals surface area contributed by atoms with Gasteiger partial charge in [-0.3, -0.25) is 4.90 Å². The first kappa shape index (κ1) is 24.8. The number of benzene rings is 1. The second kappa shape index (κ2) is 11.3. The number of halogens is 3. The van der Waals surface area contributed by atoms with Gasteiger partial charge >= 0.3 is 12.1 Å². The summed E-state index contributed by atoms with van der Waals surface area (Å²) in [5, 5.41) is 10.7. The van der Waals surface area contributed by atoms with Crippen molar-refractivity contribution in [3.63, 3.8) is 0 Å². The van der Waals surface area contributed by atoms with E-state index < -0.39 is 23.3 Å². The molecule has 2 rings (SSSR count). The number of esters is 1. The predicted molar refractivity (Wildman–Crippen MR) is 111 cm³/mol. The van der Waals surface area contributed by atoms with Gasteiger partial charge in [-0.1, -0.05) is 18.2 Å². The van der Waals surface area contributed by atoms with Crippen LogP contribution in [-0.4, -0.2) is 53.8 Å². The van der Waals surface area contributed by atoms with Gasteiger partial charge in [-0.15, -0.1) is 17.9 Å². The normalized spacial score (nSPS) is 13.6. The molecule has 1 N–H and O–H groups in total. The molecule has 1 aromatic carbocycles. The van der Waals surface area contributed by atoms with Crippen LogP contribution in [-0.2, 0) is 22.1 Å². The van der Waals surface area contributed by atoms with Crippen LogP contribution in [0.5, 0.6) is 5.75 Å². The van der Waals surface area contributed by atoms with Gasteiger partial charge in [-0.05, 0) is 31.0 Å². The Bertz CT molecular complexity index is 855. The van der Waals surface area contributed by atoms with Gasteiger partial charge in [0.25, 0.3) is 0 Å². The average Bonchev–Trinajstić information content (AvgIpc) is 3.23. The predicted octanol–water partition coefficient (Wildman–Crippen LogP) is 3.87. The van der Waals surface area contributed by atoms with Crippen LogP contribution in [0.25, 0.3) is 0 Å². The molecule has 6 nitrogen and oxygen atoms in total. The third-order valence-electron chi connectivity index (χ3n) is 4.54. The molecule has 0 saturated heterocycles. The van der Waals surface area contributed by atoms with E-state index in [0.29, 0.717) is 30.1 Å². The van der Waals surface area contributed by atoms with E-state index in [0.717, 1.165) is 5.56 Å². The van der Waals surface area contributed by atoms with Crippen molar-refractivity contribution in [2.24, 2.45) is 0 Å². The number of hydrogen-bond donors (Lipinski definition) is 1. The lowest BCUT2D eigenvalue weighted by Crippen LogP contribution is -2.38. The zero-order valence-electron chi connectivity index (χ0n) is 17.3. The van der Waals surface area contributed by atoms with Crippen LogP contribution < -0.4 is 4.74 Å². The maximum absolute atomic E-state index is 12.8. The number of carbonyl (C=O) groups excluding carboxylic acids is 1. The molecule has 0 bridgehead atoms. The number of alkyl halides is 3. The second-order valence-electron chi connectivity index (χ2n) is 6.90. The van der Waals surface area contributed by atoms with E-state index in [1.54, 1.807) is 18.2 Å². The SMILES string of the molecule is C=CCN(CC(O)c1csc(C(F)(F)F)n1)C(C)Cc1ccc(OCC(=O)OC)cc1. The highest BCUT2D eigenvalue weighted by Gasteiger charge is 2.35. The third kappa shape index (κ3) is 7.64. The summed E-state index contributed by atoms with van der Waals surface area (Å²) >= 11 is 0.469. The Labute approximate surface area is 182 Å². The summed E-state index contributed by atoms with van der Waals surface area (Å²) in [5.74, 6) is 0.0583. The Hall–Kier alpha value is -2.43. The first-order valence-electron chi connectivity index (χ1n) is 9.48. The molecule has 2 aromatic rings. The van der Waals surface area contributed by atoms with Gasteiger partial charge in [-0.2, -0.15) is 13.2 Å². The molecule has 0 amide bonds. The Kier molecular flexibility index (Phi) is 9.02. The van der Waals surface area contributed by atoms with E-state index in [4.69, 9.17) is 4.74 Å². The van der Waals surface area contributed by atoms with Crippen LogP contribution in [0.2, 0.25) is 0 Å². The Morgan fingerprint density at radius 1 is 1.35 bits per heavy atom. The molecule has 31 heavy (non-hydrogen) atoms. The zero-order valence-corrected chi connectivity index (χ0v) is 18.1. The molecule has 2 atom stereocenters. The fourth-order valence-corrected chi connectivity index (χ4v) is 3.61. The summed E-state index contributed by atoms with van der Waals surface area (Å²) < 4.78 is 48.1. The minimum Gasteiger partial charge on any atom is -0.482 e.